The zero-order valence-corrected chi connectivity index (χ0v) is 6.90. The molecule has 1 N–H and O–H groups in total. The molecule has 1 aromatic heterocycles. The third-order valence-electron chi connectivity index (χ3n) is 1.73. The van der Waals surface area contributed by atoms with Gasteiger partial charge in [-0.15, -0.1) is 0 Å². The van der Waals surface area contributed by atoms with Crippen molar-refractivity contribution in [3.63, 3.8) is 0 Å². The Morgan fingerprint density at radius 3 is 3.00 bits per heavy atom. The van der Waals surface area contributed by atoms with E-state index in [2.05, 4.69) is 4.98 Å². The molecular formula is C9H11NO2. The van der Waals surface area contributed by atoms with Gasteiger partial charge in [0.2, 0.25) is 0 Å². The molecule has 64 valence electrons. The Morgan fingerprint density at radius 1 is 1.75 bits per heavy atom. The van der Waals surface area contributed by atoms with Gasteiger partial charge in [0.25, 0.3) is 0 Å². The molecule has 0 aromatic carbocycles. The van der Waals surface area contributed by atoms with E-state index in [-0.39, 0.29) is 12.3 Å². The number of carbonyl (C=O) groups is 1. The van der Waals surface area contributed by atoms with Crippen LogP contribution in [0.3, 0.4) is 0 Å². The Hall–Kier alpha value is -1.38. The molecule has 12 heavy (non-hydrogen) atoms. The van der Waals surface area contributed by atoms with Gasteiger partial charge in [-0.1, -0.05) is 13.0 Å². The highest BCUT2D eigenvalue weighted by Crippen LogP contribution is 2.16. The van der Waals surface area contributed by atoms with Gasteiger partial charge in [-0.25, -0.2) is 0 Å². The molecule has 0 bridgehead atoms. The summed E-state index contributed by atoms with van der Waals surface area (Å²) in [5.74, 6) is -0.734. The highest BCUT2D eigenvalue weighted by Gasteiger charge is 2.08. The maximum Gasteiger partial charge on any atom is 0.303 e. The summed E-state index contributed by atoms with van der Waals surface area (Å²) in [5.41, 5.74) is 0.972. The Bertz CT molecular complexity index is 258. The van der Waals surface area contributed by atoms with Crippen LogP contribution in [0.4, 0.5) is 0 Å². The van der Waals surface area contributed by atoms with Gasteiger partial charge < -0.3 is 5.11 Å². The summed E-state index contributed by atoms with van der Waals surface area (Å²) < 4.78 is 0. The number of aliphatic carboxylic acids is 1. The lowest BCUT2D eigenvalue weighted by Crippen LogP contribution is -2.02. The average molecular weight is 165 g/mol. The summed E-state index contributed by atoms with van der Waals surface area (Å²) >= 11 is 0. The first-order valence-electron chi connectivity index (χ1n) is 3.82. The highest BCUT2D eigenvalue weighted by molar-refractivity contribution is 5.67. The van der Waals surface area contributed by atoms with Crippen LogP contribution in [0.15, 0.2) is 24.5 Å². The molecule has 1 aromatic rings. The summed E-state index contributed by atoms with van der Waals surface area (Å²) in [6, 6.07) is 3.70. The molecule has 0 saturated carbocycles. The van der Waals surface area contributed by atoms with Crippen molar-refractivity contribution >= 4 is 5.97 Å². The van der Waals surface area contributed by atoms with Crippen LogP contribution in [0.2, 0.25) is 0 Å². The number of nitrogens with zero attached hydrogens (tertiary/aromatic N) is 1. The predicted molar refractivity (Wildman–Crippen MR) is 44.9 cm³/mol. The molecule has 1 rings (SSSR count). The summed E-state index contributed by atoms with van der Waals surface area (Å²) in [6.45, 7) is 1.88. The van der Waals surface area contributed by atoms with Crippen LogP contribution in [0.25, 0.3) is 0 Å². The van der Waals surface area contributed by atoms with Crippen LogP contribution >= 0.6 is 0 Å². The fourth-order valence-electron chi connectivity index (χ4n) is 1.05. The first-order valence-corrected chi connectivity index (χ1v) is 3.82. The number of carboxylic acid groups (broad SMARTS) is 1. The maximum absolute atomic E-state index is 10.4. The number of pyridine rings is 1. The second-order valence-corrected chi connectivity index (χ2v) is 2.79. The van der Waals surface area contributed by atoms with Gasteiger partial charge in [0, 0.05) is 12.4 Å². The van der Waals surface area contributed by atoms with E-state index in [1.165, 1.54) is 0 Å². The van der Waals surface area contributed by atoms with Crippen molar-refractivity contribution in [1.82, 2.24) is 4.98 Å². The minimum atomic E-state index is -0.772. The molecular weight excluding hydrogens is 154 g/mol. The van der Waals surface area contributed by atoms with Crippen LogP contribution < -0.4 is 0 Å². The second-order valence-electron chi connectivity index (χ2n) is 2.79. The lowest BCUT2D eigenvalue weighted by atomic mass is 10.0. The zero-order chi connectivity index (χ0) is 8.97. The van der Waals surface area contributed by atoms with Crippen molar-refractivity contribution in [1.29, 1.82) is 0 Å². The topological polar surface area (TPSA) is 50.2 Å². The summed E-state index contributed by atoms with van der Waals surface area (Å²) in [7, 11) is 0. The van der Waals surface area contributed by atoms with Gasteiger partial charge in [0.1, 0.15) is 0 Å². The van der Waals surface area contributed by atoms with E-state index in [0.717, 1.165) is 5.56 Å². The minimum Gasteiger partial charge on any atom is -0.481 e. The third kappa shape index (κ3) is 2.34. The molecule has 0 amide bonds. The van der Waals surface area contributed by atoms with E-state index in [4.69, 9.17) is 5.11 Å². The number of hydrogen-bond donors (Lipinski definition) is 1. The smallest absolute Gasteiger partial charge is 0.303 e. The Kier molecular flexibility index (Phi) is 2.80. The van der Waals surface area contributed by atoms with Gasteiger partial charge in [0.05, 0.1) is 6.42 Å². The number of rotatable bonds is 3. The standard InChI is InChI=1S/C9H11NO2/c1-7(5-9(11)12)8-3-2-4-10-6-8/h2-4,6-7H,5H2,1H3,(H,11,12)/t7-/m0/s1. The van der Waals surface area contributed by atoms with Crippen molar-refractivity contribution in [3.05, 3.63) is 30.1 Å². The predicted octanol–water partition coefficient (Wildman–Crippen LogP) is 1.66. The summed E-state index contributed by atoms with van der Waals surface area (Å²) in [5, 5.41) is 8.52. The molecule has 1 atom stereocenters. The van der Waals surface area contributed by atoms with E-state index < -0.39 is 5.97 Å². The van der Waals surface area contributed by atoms with Crippen molar-refractivity contribution in [2.24, 2.45) is 0 Å². The minimum absolute atomic E-state index is 0.0381. The maximum atomic E-state index is 10.4. The molecule has 0 radical (unpaired) electrons. The van der Waals surface area contributed by atoms with E-state index in [9.17, 15) is 4.79 Å². The molecule has 1 heterocycles. The van der Waals surface area contributed by atoms with Gasteiger partial charge in [0.15, 0.2) is 0 Å². The van der Waals surface area contributed by atoms with Crippen molar-refractivity contribution in [3.8, 4) is 0 Å². The highest BCUT2D eigenvalue weighted by atomic mass is 16.4. The molecule has 0 fully saturated rings. The number of aromatic nitrogens is 1. The zero-order valence-electron chi connectivity index (χ0n) is 6.90. The van der Waals surface area contributed by atoms with Crippen LogP contribution in [0, 0.1) is 0 Å². The van der Waals surface area contributed by atoms with Gasteiger partial charge in [-0.05, 0) is 17.5 Å². The molecule has 0 saturated heterocycles. The van der Waals surface area contributed by atoms with Crippen molar-refractivity contribution < 1.29 is 9.90 Å². The molecule has 0 aliphatic rings. The number of hydrogen-bond acceptors (Lipinski definition) is 2. The van der Waals surface area contributed by atoms with Crippen LogP contribution in [-0.4, -0.2) is 16.1 Å². The molecule has 0 aliphatic carbocycles. The first kappa shape index (κ1) is 8.71. The lowest BCUT2D eigenvalue weighted by molar-refractivity contribution is -0.137. The van der Waals surface area contributed by atoms with E-state index in [1.54, 1.807) is 12.4 Å². The molecule has 3 heteroatoms. The van der Waals surface area contributed by atoms with E-state index in [1.807, 2.05) is 19.1 Å². The fourth-order valence-corrected chi connectivity index (χ4v) is 1.05. The molecule has 0 spiro atoms. The van der Waals surface area contributed by atoms with Crippen molar-refractivity contribution in [2.75, 3.05) is 0 Å². The van der Waals surface area contributed by atoms with Gasteiger partial charge in [-0.3, -0.25) is 9.78 Å². The van der Waals surface area contributed by atoms with Gasteiger partial charge in [-0.2, -0.15) is 0 Å². The molecule has 0 unspecified atom stereocenters. The molecule has 0 aliphatic heterocycles. The fraction of sp³-hybridized carbons (Fsp3) is 0.333. The lowest BCUT2D eigenvalue weighted by Gasteiger charge is -2.06. The van der Waals surface area contributed by atoms with E-state index in [0.29, 0.717) is 0 Å². The largest absolute Gasteiger partial charge is 0.481 e. The quantitative estimate of drug-likeness (QED) is 0.741. The second kappa shape index (κ2) is 3.85. The normalized spacial score (nSPS) is 12.4. The van der Waals surface area contributed by atoms with E-state index >= 15 is 0 Å². The summed E-state index contributed by atoms with van der Waals surface area (Å²) in [6.07, 6.45) is 3.54. The van der Waals surface area contributed by atoms with Crippen LogP contribution in [0.5, 0.6) is 0 Å². The average Bonchev–Trinajstić information content (AvgIpc) is 2.05. The number of carboxylic acids is 1. The molecule has 3 nitrogen and oxygen atoms in total. The summed E-state index contributed by atoms with van der Waals surface area (Å²) in [4.78, 5) is 14.3. The first-order chi connectivity index (χ1) is 5.70. The monoisotopic (exact) mass is 165 g/mol. The SMILES string of the molecule is C[C@@H](CC(=O)O)c1cccnc1. The third-order valence-corrected chi connectivity index (χ3v) is 1.73. The van der Waals surface area contributed by atoms with Crippen molar-refractivity contribution in [2.45, 2.75) is 19.3 Å². The van der Waals surface area contributed by atoms with Gasteiger partial charge >= 0.3 is 5.97 Å². The Morgan fingerprint density at radius 2 is 2.50 bits per heavy atom. The Labute approximate surface area is 71.1 Å². The van der Waals surface area contributed by atoms with Crippen LogP contribution in [0.1, 0.15) is 24.8 Å². The Balaban J connectivity index is 2.65. The van der Waals surface area contributed by atoms with Crippen LogP contribution in [-0.2, 0) is 4.79 Å².